The molecule has 0 unspecified atom stereocenters. The average molecular weight is 314 g/mol. The van der Waals surface area contributed by atoms with Crippen molar-refractivity contribution >= 4 is 21.9 Å². The van der Waals surface area contributed by atoms with Gasteiger partial charge in [0.15, 0.2) is 0 Å². The Bertz CT molecular complexity index is 588. The maximum absolute atomic E-state index is 11.1. The van der Waals surface area contributed by atoms with Crippen LogP contribution in [0.25, 0.3) is 0 Å². The van der Waals surface area contributed by atoms with Crippen LogP contribution < -0.4 is 4.74 Å². The number of aromatic nitrogens is 3. The van der Waals surface area contributed by atoms with Gasteiger partial charge in [0.1, 0.15) is 5.69 Å². The summed E-state index contributed by atoms with van der Waals surface area (Å²) < 4.78 is 9.06. The highest BCUT2D eigenvalue weighted by atomic mass is 79.9. The lowest BCUT2D eigenvalue weighted by molar-refractivity contribution is 0.0685. The zero-order chi connectivity index (χ0) is 13.3. The maximum atomic E-state index is 11.1. The van der Waals surface area contributed by atoms with E-state index in [0.717, 1.165) is 10.2 Å². The van der Waals surface area contributed by atoms with Gasteiger partial charge in [-0.2, -0.15) is 5.10 Å². The van der Waals surface area contributed by atoms with Crippen molar-refractivity contribution in [3.8, 4) is 5.88 Å². The molecule has 7 heteroatoms. The van der Waals surface area contributed by atoms with Crippen molar-refractivity contribution in [2.45, 2.75) is 6.54 Å². The van der Waals surface area contributed by atoms with Crippen LogP contribution in [0.2, 0.25) is 0 Å². The lowest BCUT2D eigenvalue weighted by Gasteiger charge is -2.02. The van der Waals surface area contributed by atoms with Gasteiger partial charge in [0.05, 0.1) is 19.3 Å². The second-order valence-electron chi connectivity index (χ2n) is 3.78. The minimum absolute atomic E-state index is 0.214. The van der Waals surface area contributed by atoms with Crippen molar-refractivity contribution in [1.29, 1.82) is 0 Å². The van der Waals surface area contributed by atoms with Crippen LogP contribution in [0.4, 0.5) is 0 Å². The van der Waals surface area contributed by atoms with E-state index in [1.54, 1.807) is 41.7 Å². The van der Waals surface area contributed by atoms with Gasteiger partial charge in [-0.3, -0.25) is 0 Å². The first-order valence-electron chi connectivity index (χ1n) is 5.17. The van der Waals surface area contributed by atoms with E-state index in [1.807, 2.05) is 0 Å². The van der Waals surface area contributed by atoms with Gasteiger partial charge in [0.25, 0.3) is 0 Å². The molecule has 0 spiro atoms. The number of aromatic carboxylic acids is 1. The first-order valence-corrected chi connectivity index (χ1v) is 5.96. The molecule has 0 amide bonds. The Morgan fingerprint density at radius 3 is 2.83 bits per heavy atom. The van der Waals surface area contributed by atoms with Crippen molar-refractivity contribution < 1.29 is 14.6 Å². The van der Waals surface area contributed by atoms with Gasteiger partial charge in [-0.05, 0) is 22.0 Å². The van der Waals surface area contributed by atoms with Crippen LogP contribution in [-0.4, -0.2) is 32.5 Å². The summed E-state index contributed by atoms with van der Waals surface area (Å²) in [6.07, 6.45) is 1.71. The largest absolute Gasteiger partial charge is 0.481 e. The zero-order valence-electron chi connectivity index (χ0n) is 9.92. The van der Waals surface area contributed by atoms with E-state index in [9.17, 15) is 4.79 Å². The normalized spacial score (nSPS) is 10.6. The van der Waals surface area contributed by atoms with E-state index in [4.69, 9.17) is 9.84 Å². The van der Waals surface area contributed by atoms with Crippen molar-refractivity contribution in [3.63, 3.8) is 0 Å². The van der Waals surface area contributed by atoms with E-state index in [2.05, 4.69) is 21.0 Å². The highest BCUT2D eigenvalue weighted by molar-refractivity contribution is 9.10. The smallest absolute Gasteiger partial charge is 0.352 e. The molecule has 96 valence electrons. The summed E-state index contributed by atoms with van der Waals surface area (Å²) in [5.74, 6) is -0.336. The van der Waals surface area contributed by atoms with Crippen molar-refractivity contribution in [1.82, 2.24) is 14.3 Å². The molecule has 0 saturated carbocycles. The Kier molecular flexibility index (Phi) is 3.42. The third kappa shape index (κ3) is 2.40. The molecule has 2 aromatic heterocycles. The molecule has 0 aliphatic carbocycles. The topological polar surface area (TPSA) is 69.3 Å². The lowest BCUT2D eigenvalue weighted by Crippen LogP contribution is -2.09. The molecule has 0 aliphatic rings. The molecule has 0 fully saturated rings. The zero-order valence-corrected chi connectivity index (χ0v) is 11.5. The number of hydrogen-bond donors (Lipinski definition) is 1. The Balaban J connectivity index is 2.30. The Hall–Kier alpha value is -1.76. The average Bonchev–Trinajstić information content (AvgIpc) is 2.82. The van der Waals surface area contributed by atoms with Crippen LogP contribution in [0, 0.1) is 0 Å². The van der Waals surface area contributed by atoms with Crippen LogP contribution in [0.5, 0.6) is 5.88 Å². The predicted octanol–water partition coefficient (Wildman–Crippen LogP) is 1.74. The number of carboxylic acid groups (broad SMARTS) is 1. The third-order valence-corrected chi connectivity index (χ3v) is 2.94. The fraction of sp³-hybridized carbons (Fsp3) is 0.273. The molecule has 1 N–H and O–H groups in total. The Labute approximate surface area is 112 Å². The number of aryl methyl sites for hydroxylation is 1. The van der Waals surface area contributed by atoms with Gasteiger partial charge in [0.2, 0.25) is 5.88 Å². The van der Waals surface area contributed by atoms with Crippen LogP contribution in [0.1, 0.15) is 16.2 Å². The molecule has 2 heterocycles. The van der Waals surface area contributed by atoms with Crippen LogP contribution >= 0.6 is 15.9 Å². The molecular formula is C11H12BrN3O3. The van der Waals surface area contributed by atoms with Gasteiger partial charge in [-0.15, -0.1) is 0 Å². The fourth-order valence-corrected chi connectivity index (χ4v) is 2.20. The number of carbonyl (C=O) groups is 1. The van der Waals surface area contributed by atoms with Crippen LogP contribution in [-0.2, 0) is 13.6 Å². The van der Waals surface area contributed by atoms with Crippen molar-refractivity contribution in [2.24, 2.45) is 7.05 Å². The summed E-state index contributed by atoms with van der Waals surface area (Å²) in [6, 6.07) is 3.34. The highest BCUT2D eigenvalue weighted by Crippen LogP contribution is 2.18. The highest BCUT2D eigenvalue weighted by Gasteiger charge is 2.13. The Morgan fingerprint density at radius 2 is 2.28 bits per heavy atom. The number of carboxylic acids is 1. The summed E-state index contributed by atoms with van der Waals surface area (Å²) in [7, 11) is 3.34. The molecule has 0 bridgehead atoms. The first kappa shape index (κ1) is 12.7. The number of methoxy groups -OCH3 is 1. The molecule has 2 aromatic rings. The SMILES string of the molecule is COc1cc(Cn2cc(Br)cc2C(=O)O)nn1C. The number of rotatable bonds is 4. The summed E-state index contributed by atoms with van der Waals surface area (Å²) >= 11 is 3.26. The molecule has 18 heavy (non-hydrogen) atoms. The minimum atomic E-state index is -0.969. The molecule has 6 nitrogen and oxygen atoms in total. The van der Waals surface area contributed by atoms with Gasteiger partial charge in [-0.1, -0.05) is 0 Å². The van der Waals surface area contributed by atoms with Gasteiger partial charge in [0, 0.05) is 23.8 Å². The van der Waals surface area contributed by atoms with Crippen molar-refractivity contribution in [3.05, 3.63) is 34.2 Å². The van der Waals surface area contributed by atoms with Gasteiger partial charge >= 0.3 is 5.97 Å². The summed E-state index contributed by atoms with van der Waals surface area (Å²) in [6.45, 7) is 0.379. The van der Waals surface area contributed by atoms with E-state index in [-0.39, 0.29) is 5.69 Å². The van der Waals surface area contributed by atoms with E-state index < -0.39 is 5.97 Å². The fourth-order valence-electron chi connectivity index (χ4n) is 1.73. The molecule has 0 radical (unpaired) electrons. The maximum Gasteiger partial charge on any atom is 0.352 e. The second kappa shape index (κ2) is 4.85. The molecule has 2 rings (SSSR count). The minimum Gasteiger partial charge on any atom is -0.481 e. The quantitative estimate of drug-likeness (QED) is 0.933. The van der Waals surface area contributed by atoms with E-state index >= 15 is 0 Å². The number of hydrogen-bond acceptors (Lipinski definition) is 3. The molecule has 0 aliphatic heterocycles. The Morgan fingerprint density at radius 1 is 1.56 bits per heavy atom. The summed E-state index contributed by atoms with van der Waals surface area (Å²) in [5.41, 5.74) is 0.950. The summed E-state index contributed by atoms with van der Waals surface area (Å²) in [5, 5.41) is 13.3. The summed E-state index contributed by atoms with van der Waals surface area (Å²) in [4.78, 5) is 11.1. The molecule has 0 atom stereocenters. The molecular weight excluding hydrogens is 302 g/mol. The standard InChI is InChI=1S/C11H12BrN3O3/c1-14-10(18-2)4-8(13-14)6-15-5-7(12)3-9(15)11(16)17/h3-5H,6H2,1-2H3,(H,16,17). The number of halogens is 1. The molecule has 0 aromatic carbocycles. The number of nitrogens with zero attached hydrogens (tertiary/aromatic N) is 3. The predicted molar refractivity (Wildman–Crippen MR) is 68.0 cm³/mol. The second-order valence-corrected chi connectivity index (χ2v) is 4.69. The van der Waals surface area contributed by atoms with E-state index in [0.29, 0.717) is 12.4 Å². The monoisotopic (exact) mass is 313 g/mol. The van der Waals surface area contributed by atoms with E-state index in [1.165, 1.54) is 0 Å². The van der Waals surface area contributed by atoms with Crippen molar-refractivity contribution in [2.75, 3.05) is 7.11 Å². The first-order chi connectivity index (χ1) is 8.51. The van der Waals surface area contributed by atoms with Crippen LogP contribution in [0.3, 0.4) is 0 Å². The number of ether oxygens (including phenoxy) is 1. The van der Waals surface area contributed by atoms with Gasteiger partial charge < -0.3 is 14.4 Å². The van der Waals surface area contributed by atoms with Crippen LogP contribution in [0.15, 0.2) is 22.8 Å². The third-order valence-electron chi connectivity index (χ3n) is 2.51. The van der Waals surface area contributed by atoms with Gasteiger partial charge in [-0.25, -0.2) is 9.48 Å². The molecule has 0 saturated heterocycles. The lowest BCUT2D eigenvalue weighted by atomic mass is 10.4.